The van der Waals surface area contributed by atoms with Crippen molar-refractivity contribution in [3.63, 3.8) is 0 Å². The molecule has 0 saturated heterocycles. The van der Waals surface area contributed by atoms with Crippen LogP contribution >= 0.6 is 0 Å². The normalized spacial score (nSPS) is 11.5. The predicted octanol–water partition coefficient (Wildman–Crippen LogP) is 0.961. The summed E-state index contributed by atoms with van der Waals surface area (Å²) in [6.07, 6.45) is 5.66. The van der Waals surface area contributed by atoms with Crippen molar-refractivity contribution in [3.8, 4) is 0 Å². The van der Waals surface area contributed by atoms with Gasteiger partial charge in [-0.25, -0.2) is 13.1 Å². The summed E-state index contributed by atoms with van der Waals surface area (Å²) in [5.74, 6) is -0.756. The summed E-state index contributed by atoms with van der Waals surface area (Å²) in [6.45, 7) is 0.470. The van der Waals surface area contributed by atoms with Gasteiger partial charge < -0.3 is 5.11 Å². The van der Waals surface area contributed by atoms with Crippen molar-refractivity contribution < 1.29 is 18.3 Å². The van der Waals surface area contributed by atoms with Crippen LogP contribution in [0.25, 0.3) is 0 Å². The molecule has 0 fully saturated rings. The van der Waals surface area contributed by atoms with Crippen molar-refractivity contribution >= 4 is 16.0 Å². The number of rotatable bonds is 9. The summed E-state index contributed by atoms with van der Waals surface area (Å²) >= 11 is 0. The van der Waals surface area contributed by atoms with Crippen molar-refractivity contribution in [2.75, 3.05) is 12.8 Å². The van der Waals surface area contributed by atoms with Crippen LogP contribution in [0.15, 0.2) is 0 Å². The number of carbonyl (C=O) groups is 1. The SMILES string of the molecule is CS(=O)(=O)NCCCCCCCC(=O)O. The van der Waals surface area contributed by atoms with E-state index in [1.54, 1.807) is 0 Å². The van der Waals surface area contributed by atoms with Crippen molar-refractivity contribution in [1.82, 2.24) is 4.72 Å². The van der Waals surface area contributed by atoms with Gasteiger partial charge in [-0.3, -0.25) is 4.79 Å². The molecule has 0 heterocycles. The first-order valence-electron chi connectivity index (χ1n) is 5.08. The van der Waals surface area contributed by atoms with Crippen molar-refractivity contribution in [2.24, 2.45) is 0 Å². The zero-order valence-electron chi connectivity index (χ0n) is 9.03. The third-order valence-corrected chi connectivity index (χ3v) is 2.66. The highest BCUT2D eigenvalue weighted by Gasteiger charge is 1.99. The first-order chi connectivity index (χ1) is 6.92. The highest BCUT2D eigenvalue weighted by molar-refractivity contribution is 7.88. The van der Waals surface area contributed by atoms with Crippen LogP contribution in [-0.4, -0.2) is 32.3 Å². The van der Waals surface area contributed by atoms with Gasteiger partial charge in [0.05, 0.1) is 6.26 Å². The Hall–Kier alpha value is -0.620. The molecule has 0 bridgehead atoms. The molecule has 0 saturated carbocycles. The largest absolute Gasteiger partial charge is 0.481 e. The fourth-order valence-electron chi connectivity index (χ4n) is 1.19. The van der Waals surface area contributed by atoms with Gasteiger partial charge in [0.15, 0.2) is 0 Å². The molecule has 0 aliphatic rings. The lowest BCUT2D eigenvalue weighted by Crippen LogP contribution is -2.22. The minimum absolute atomic E-state index is 0.224. The van der Waals surface area contributed by atoms with Crippen LogP contribution in [0.5, 0.6) is 0 Å². The number of aliphatic carboxylic acids is 1. The maximum atomic E-state index is 10.7. The molecule has 6 heteroatoms. The number of carboxylic acid groups (broad SMARTS) is 1. The smallest absolute Gasteiger partial charge is 0.303 e. The van der Waals surface area contributed by atoms with E-state index in [9.17, 15) is 13.2 Å². The molecule has 90 valence electrons. The number of nitrogens with one attached hydrogen (secondary N) is 1. The van der Waals surface area contributed by atoms with Crippen LogP contribution < -0.4 is 4.72 Å². The third-order valence-electron chi connectivity index (χ3n) is 1.93. The van der Waals surface area contributed by atoms with Gasteiger partial charge >= 0.3 is 5.97 Å². The molecule has 0 atom stereocenters. The average molecular weight is 237 g/mol. The highest BCUT2D eigenvalue weighted by atomic mass is 32.2. The van der Waals surface area contributed by atoms with E-state index in [0.717, 1.165) is 31.9 Å². The van der Waals surface area contributed by atoms with Crippen LogP contribution in [-0.2, 0) is 14.8 Å². The van der Waals surface area contributed by atoms with E-state index in [1.165, 1.54) is 0 Å². The molecular formula is C9H19NO4S. The molecule has 0 aromatic heterocycles. The Morgan fingerprint density at radius 1 is 1.13 bits per heavy atom. The highest BCUT2D eigenvalue weighted by Crippen LogP contribution is 2.04. The van der Waals surface area contributed by atoms with E-state index >= 15 is 0 Å². The second-order valence-corrected chi connectivity index (χ2v) is 5.41. The van der Waals surface area contributed by atoms with Crippen molar-refractivity contribution in [2.45, 2.75) is 38.5 Å². The molecule has 0 aromatic carbocycles. The molecule has 0 radical (unpaired) electrons. The molecule has 0 aromatic rings. The molecule has 15 heavy (non-hydrogen) atoms. The number of carboxylic acids is 1. The molecule has 0 amide bonds. The molecule has 5 nitrogen and oxygen atoms in total. The van der Waals surface area contributed by atoms with E-state index in [0.29, 0.717) is 13.0 Å². The zero-order chi connectivity index (χ0) is 11.7. The summed E-state index contributed by atoms with van der Waals surface area (Å²) in [5, 5.41) is 8.37. The van der Waals surface area contributed by atoms with Gasteiger partial charge in [0.2, 0.25) is 10.0 Å². The summed E-state index contributed by atoms with van der Waals surface area (Å²) in [6, 6.07) is 0. The van der Waals surface area contributed by atoms with Gasteiger partial charge in [0.1, 0.15) is 0 Å². The Labute approximate surface area is 90.9 Å². The monoisotopic (exact) mass is 237 g/mol. The van der Waals surface area contributed by atoms with Gasteiger partial charge in [-0.05, 0) is 12.8 Å². The average Bonchev–Trinajstić information content (AvgIpc) is 2.07. The summed E-state index contributed by atoms with van der Waals surface area (Å²) in [7, 11) is -3.06. The van der Waals surface area contributed by atoms with E-state index in [4.69, 9.17) is 5.11 Å². The summed E-state index contributed by atoms with van der Waals surface area (Å²) in [4.78, 5) is 10.2. The van der Waals surface area contributed by atoms with Crippen LogP contribution in [0.1, 0.15) is 38.5 Å². The molecule has 2 N–H and O–H groups in total. The van der Waals surface area contributed by atoms with Crippen LogP contribution in [0.3, 0.4) is 0 Å². The standard InChI is InChI=1S/C9H19NO4S/c1-15(13,14)10-8-6-4-2-3-5-7-9(11)12/h10H,2-8H2,1H3,(H,11,12). The Morgan fingerprint density at radius 3 is 2.20 bits per heavy atom. The molecule has 0 aliphatic heterocycles. The summed E-state index contributed by atoms with van der Waals surface area (Å²) < 4.78 is 23.7. The number of unbranched alkanes of at least 4 members (excludes halogenated alkanes) is 4. The first-order valence-corrected chi connectivity index (χ1v) is 6.97. The number of hydrogen-bond donors (Lipinski definition) is 2. The first kappa shape index (κ1) is 14.4. The molecular weight excluding hydrogens is 218 g/mol. The fourth-order valence-corrected chi connectivity index (χ4v) is 1.70. The minimum atomic E-state index is -3.06. The molecule has 0 unspecified atom stereocenters. The molecule has 0 rings (SSSR count). The quantitative estimate of drug-likeness (QED) is 0.585. The predicted molar refractivity (Wildman–Crippen MR) is 58.2 cm³/mol. The second-order valence-electron chi connectivity index (χ2n) is 3.58. The Bertz CT molecular complexity index is 274. The zero-order valence-corrected chi connectivity index (χ0v) is 9.85. The van der Waals surface area contributed by atoms with Gasteiger partial charge in [-0.2, -0.15) is 0 Å². The Kier molecular flexibility index (Phi) is 7.33. The van der Waals surface area contributed by atoms with Crippen LogP contribution in [0, 0.1) is 0 Å². The van der Waals surface area contributed by atoms with Crippen molar-refractivity contribution in [1.29, 1.82) is 0 Å². The molecule has 0 aliphatic carbocycles. The summed E-state index contributed by atoms with van der Waals surface area (Å²) in [5.41, 5.74) is 0. The van der Waals surface area contributed by atoms with E-state index in [2.05, 4.69) is 4.72 Å². The second kappa shape index (κ2) is 7.64. The van der Waals surface area contributed by atoms with Gasteiger partial charge in [0.25, 0.3) is 0 Å². The Morgan fingerprint density at radius 2 is 1.67 bits per heavy atom. The van der Waals surface area contributed by atoms with Crippen LogP contribution in [0.4, 0.5) is 0 Å². The Balaban J connectivity index is 3.16. The number of hydrogen-bond acceptors (Lipinski definition) is 3. The van der Waals surface area contributed by atoms with Gasteiger partial charge in [0, 0.05) is 13.0 Å². The maximum absolute atomic E-state index is 10.7. The topological polar surface area (TPSA) is 83.5 Å². The van der Waals surface area contributed by atoms with Crippen LogP contribution in [0.2, 0.25) is 0 Å². The number of sulfonamides is 1. The van der Waals surface area contributed by atoms with Crippen molar-refractivity contribution in [3.05, 3.63) is 0 Å². The fraction of sp³-hybridized carbons (Fsp3) is 0.889. The van der Waals surface area contributed by atoms with E-state index in [-0.39, 0.29) is 6.42 Å². The van der Waals surface area contributed by atoms with E-state index in [1.807, 2.05) is 0 Å². The molecule has 0 spiro atoms. The lowest BCUT2D eigenvalue weighted by Gasteiger charge is -2.01. The lowest BCUT2D eigenvalue weighted by molar-refractivity contribution is -0.137. The van der Waals surface area contributed by atoms with E-state index < -0.39 is 16.0 Å². The lowest BCUT2D eigenvalue weighted by atomic mass is 10.1. The maximum Gasteiger partial charge on any atom is 0.303 e. The third kappa shape index (κ3) is 13.4. The van der Waals surface area contributed by atoms with Gasteiger partial charge in [-0.15, -0.1) is 0 Å². The van der Waals surface area contributed by atoms with Gasteiger partial charge in [-0.1, -0.05) is 19.3 Å². The minimum Gasteiger partial charge on any atom is -0.481 e.